The Labute approximate surface area is 217 Å². The molecule has 8 nitrogen and oxygen atoms in total. The standard InChI is InChI=1S/C27H31F3N2O6/c28-27(29,30)13-19(15-33)23(35)31-11-10-26(38,25(16-31)8-4-5-9-25)17-32-14-21(24(36)37)20(12-22(32)34)18-6-2-1-3-7-18/h1-3,6-7,12,14,19,33,38H,4-5,8-11,13,15-17H2,(H,36,37)/t19-,26+/m0/s1. The number of hydrogen-bond acceptors (Lipinski definition) is 5. The molecule has 2 fully saturated rings. The van der Waals surface area contributed by atoms with Gasteiger partial charge in [0.15, 0.2) is 0 Å². The molecule has 0 unspecified atom stereocenters. The van der Waals surface area contributed by atoms with Crippen molar-refractivity contribution in [2.45, 2.75) is 56.8 Å². The fraction of sp³-hybridized carbons (Fsp3) is 0.519. The number of carboxylic acids is 1. The van der Waals surface area contributed by atoms with Crippen LogP contribution in [0, 0.1) is 11.3 Å². The van der Waals surface area contributed by atoms with E-state index in [2.05, 4.69) is 0 Å². The monoisotopic (exact) mass is 536 g/mol. The van der Waals surface area contributed by atoms with Crippen molar-refractivity contribution in [3.05, 3.63) is 58.5 Å². The third kappa shape index (κ3) is 5.49. The molecule has 2 heterocycles. The Bertz CT molecular complexity index is 1240. The van der Waals surface area contributed by atoms with Crippen molar-refractivity contribution in [3.63, 3.8) is 0 Å². The third-order valence-electron chi connectivity index (χ3n) is 8.07. The molecule has 38 heavy (non-hydrogen) atoms. The lowest BCUT2D eigenvalue weighted by molar-refractivity contribution is -0.175. The molecule has 2 aliphatic rings. The van der Waals surface area contributed by atoms with Crippen LogP contribution in [-0.2, 0) is 11.3 Å². The number of carbonyl (C=O) groups excluding carboxylic acids is 1. The van der Waals surface area contributed by atoms with E-state index in [-0.39, 0.29) is 37.2 Å². The molecule has 1 aromatic carbocycles. The number of rotatable bonds is 7. The van der Waals surface area contributed by atoms with Gasteiger partial charge in [-0.2, -0.15) is 13.2 Å². The maximum absolute atomic E-state index is 13.1. The fourth-order valence-electron chi connectivity index (χ4n) is 6.06. The largest absolute Gasteiger partial charge is 0.478 e. The SMILES string of the molecule is O=C(O)c1cn(C[C@]2(O)CCN(C(=O)[C@H](CO)CC(F)(F)F)CC23CCCC3)c(=O)cc1-c1ccccc1. The Morgan fingerprint density at radius 2 is 1.74 bits per heavy atom. The smallest absolute Gasteiger partial charge is 0.389 e. The Morgan fingerprint density at radius 3 is 2.32 bits per heavy atom. The lowest BCUT2D eigenvalue weighted by atomic mass is 9.65. The zero-order valence-electron chi connectivity index (χ0n) is 20.8. The molecule has 206 valence electrons. The van der Waals surface area contributed by atoms with Crippen LogP contribution in [-0.4, -0.2) is 68.1 Å². The topological polar surface area (TPSA) is 120 Å². The van der Waals surface area contributed by atoms with Gasteiger partial charge in [-0.25, -0.2) is 4.79 Å². The zero-order valence-corrected chi connectivity index (χ0v) is 20.8. The summed E-state index contributed by atoms with van der Waals surface area (Å²) in [7, 11) is 0. The van der Waals surface area contributed by atoms with Gasteiger partial charge in [0.2, 0.25) is 5.91 Å². The molecule has 1 amide bonds. The lowest BCUT2D eigenvalue weighted by Crippen LogP contribution is -2.62. The summed E-state index contributed by atoms with van der Waals surface area (Å²) in [6.45, 7) is -1.20. The van der Waals surface area contributed by atoms with Crippen molar-refractivity contribution >= 4 is 11.9 Å². The van der Waals surface area contributed by atoms with Crippen LogP contribution in [0.25, 0.3) is 11.1 Å². The Morgan fingerprint density at radius 1 is 1.08 bits per heavy atom. The van der Waals surface area contributed by atoms with E-state index in [0.29, 0.717) is 18.4 Å². The Balaban J connectivity index is 1.64. The number of benzene rings is 1. The van der Waals surface area contributed by atoms with Crippen LogP contribution in [0.4, 0.5) is 13.2 Å². The highest BCUT2D eigenvalue weighted by atomic mass is 19.4. The van der Waals surface area contributed by atoms with Gasteiger partial charge < -0.3 is 24.8 Å². The van der Waals surface area contributed by atoms with Crippen molar-refractivity contribution in [1.82, 2.24) is 9.47 Å². The zero-order chi connectivity index (χ0) is 27.7. The number of halogens is 3. The number of likely N-dealkylation sites (tertiary alicyclic amines) is 1. The van der Waals surface area contributed by atoms with Gasteiger partial charge >= 0.3 is 12.1 Å². The first kappa shape index (κ1) is 27.8. The molecule has 1 saturated heterocycles. The Kier molecular flexibility index (Phi) is 7.72. The van der Waals surface area contributed by atoms with E-state index in [9.17, 15) is 42.9 Å². The lowest BCUT2D eigenvalue weighted by Gasteiger charge is -2.52. The number of piperidine rings is 1. The maximum Gasteiger partial charge on any atom is 0.389 e. The molecule has 4 rings (SSSR count). The summed E-state index contributed by atoms with van der Waals surface area (Å²) >= 11 is 0. The quantitative estimate of drug-likeness (QED) is 0.500. The second-order valence-electron chi connectivity index (χ2n) is 10.5. The van der Waals surface area contributed by atoms with Crippen LogP contribution in [0.1, 0.15) is 48.9 Å². The van der Waals surface area contributed by atoms with Gasteiger partial charge in [-0.3, -0.25) is 9.59 Å². The minimum Gasteiger partial charge on any atom is -0.478 e. The molecule has 11 heteroatoms. The number of aromatic carboxylic acids is 1. The number of nitrogens with zero attached hydrogens (tertiary/aromatic N) is 2. The Hall–Kier alpha value is -3.18. The third-order valence-corrected chi connectivity index (χ3v) is 8.07. The molecule has 2 atom stereocenters. The normalized spacial score (nSPS) is 22.0. The summed E-state index contributed by atoms with van der Waals surface area (Å²) in [5, 5.41) is 31.2. The molecule has 1 aliphatic carbocycles. The highest BCUT2D eigenvalue weighted by Crippen LogP contribution is 2.52. The van der Waals surface area contributed by atoms with Crippen LogP contribution >= 0.6 is 0 Å². The highest BCUT2D eigenvalue weighted by molar-refractivity contribution is 5.95. The van der Waals surface area contributed by atoms with E-state index < -0.39 is 53.6 Å². The first-order chi connectivity index (χ1) is 17.9. The molecule has 0 radical (unpaired) electrons. The van der Waals surface area contributed by atoms with Crippen molar-refractivity contribution < 1.29 is 38.1 Å². The number of hydrogen-bond donors (Lipinski definition) is 3. The van der Waals surface area contributed by atoms with Crippen LogP contribution in [0.2, 0.25) is 0 Å². The van der Waals surface area contributed by atoms with Crippen molar-refractivity contribution in [1.29, 1.82) is 0 Å². The van der Waals surface area contributed by atoms with E-state index in [1.807, 2.05) is 0 Å². The average Bonchev–Trinajstić information content (AvgIpc) is 3.35. The minimum absolute atomic E-state index is 0.000667. The summed E-state index contributed by atoms with van der Waals surface area (Å²) in [6, 6.07) is 9.83. The van der Waals surface area contributed by atoms with Gasteiger partial charge in [-0.05, 0) is 24.8 Å². The second kappa shape index (κ2) is 10.5. The summed E-state index contributed by atoms with van der Waals surface area (Å²) in [4.78, 5) is 39.4. The summed E-state index contributed by atoms with van der Waals surface area (Å²) < 4.78 is 40.0. The van der Waals surface area contributed by atoms with Crippen molar-refractivity contribution in [3.8, 4) is 11.1 Å². The fourth-order valence-corrected chi connectivity index (χ4v) is 6.06. The predicted octanol–water partition coefficient (Wildman–Crippen LogP) is 3.30. The summed E-state index contributed by atoms with van der Waals surface area (Å²) in [5.41, 5.74) is -2.16. The van der Waals surface area contributed by atoms with Gasteiger partial charge in [0.25, 0.3) is 5.56 Å². The van der Waals surface area contributed by atoms with Crippen LogP contribution in [0.3, 0.4) is 0 Å². The second-order valence-corrected chi connectivity index (χ2v) is 10.5. The molecule has 1 saturated carbocycles. The molecule has 0 bridgehead atoms. The van der Waals surface area contributed by atoms with Gasteiger partial charge in [0.05, 0.1) is 36.7 Å². The van der Waals surface area contributed by atoms with E-state index in [1.165, 1.54) is 21.7 Å². The van der Waals surface area contributed by atoms with Crippen LogP contribution in [0.5, 0.6) is 0 Å². The highest BCUT2D eigenvalue weighted by Gasteiger charge is 2.56. The van der Waals surface area contributed by atoms with Gasteiger partial charge in [-0.15, -0.1) is 0 Å². The van der Waals surface area contributed by atoms with E-state index in [1.54, 1.807) is 30.3 Å². The van der Waals surface area contributed by atoms with Crippen LogP contribution < -0.4 is 5.56 Å². The molecular weight excluding hydrogens is 505 g/mol. The maximum atomic E-state index is 13.1. The number of carbonyl (C=O) groups is 2. The first-order valence-corrected chi connectivity index (χ1v) is 12.6. The number of aliphatic hydroxyl groups excluding tert-OH is 1. The molecule has 1 aliphatic heterocycles. The van der Waals surface area contributed by atoms with Gasteiger partial charge in [-0.1, -0.05) is 43.2 Å². The van der Waals surface area contributed by atoms with Gasteiger partial charge in [0.1, 0.15) is 0 Å². The molecule has 3 N–H and O–H groups in total. The van der Waals surface area contributed by atoms with Crippen LogP contribution in [0.15, 0.2) is 47.4 Å². The summed E-state index contributed by atoms with van der Waals surface area (Å²) in [5.74, 6) is -3.66. The van der Waals surface area contributed by atoms with E-state index >= 15 is 0 Å². The van der Waals surface area contributed by atoms with E-state index in [4.69, 9.17) is 0 Å². The molecule has 2 aromatic rings. The average molecular weight is 537 g/mol. The number of aliphatic hydroxyl groups is 2. The van der Waals surface area contributed by atoms with E-state index in [0.717, 1.165) is 12.8 Å². The minimum atomic E-state index is -4.61. The number of pyridine rings is 1. The number of carboxylic acid groups (broad SMARTS) is 1. The number of amides is 1. The van der Waals surface area contributed by atoms with Crippen molar-refractivity contribution in [2.75, 3.05) is 19.7 Å². The number of alkyl halides is 3. The first-order valence-electron chi connectivity index (χ1n) is 12.6. The number of aromatic nitrogens is 1. The van der Waals surface area contributed by atoms with Gasteiger partial charge in [0, 0.05) is 36.3 Å². The molecule has 1 aromatic heterocycles. The predicted molar refractivity (Wildman–Crippen MR) is 131 cm³/mol. The summed E-state index contributed by atoms with van der Waals surface area (Å²) in [6.07, 6.45) is -2.36. The molecule has 1 spiro atoms. The molecular formula is C27H31F3N2O6. The van der Waals surface area contributed by atoms with Crippen molar-refractivity contribution in [2.24, 2.45) is 11.3 Å².